The van der Waals surface area contributed by atoms with E-state index in [0.717, 1.165) is 18.4 Å². The monoisotopic (exact) mass is 246 g/mol. The minimum absolute atomic E-state index is 0.198. The lowest BCUT2D eigenvalue weighted by Gasteiger charge is -2.13. The molecule has 0 aliphatic rings. The highest BCUT2D eigenvalue weighted by Crippen LogP contribution is 2.22. The molecule has 0 bridgehead atoms. The summed E-state index contributed by atoms with van der Waals surface area (Å²) in [5.41, 5.74) is 2.32. The summed E-state index contributed by atoms with van der Waals surface area (Å²) >= 11 is 0. The van der Waals surface area contributed by atoms with Gasteiger partial charge in [0.1, 0.15) is 0 Å². The first-order valence-electron chi connectivity index (χ1n) is 6.48. The van der Waals surface area contributed by atoms with Crippen LogP contribution < -0.4 is 0 Å². The summed E-state index contributed by atoms with van der Waals surface area (Å²) in [7, 11) is 0. The summed E-state index contributed by atoms with van der Waals surface area (Å²) in [4.78, 5) is 11.7. The van der Waals surface area contributed by atoms with Gasteiger partial charge in [0.15, 0.2) is 0 Å². The Bertz CT molecular complexity index is 390. The lowest BCUT2D eigenvalue weighted by Crippen LogP contribution is -2.13. The molecule has 98 valence electrons. The molecule has 0 fully saturated rings. The number of hydrogen-bond donors (Lipinski definition) is 0. The fourth-order valence-electron chi connectivity index (χ4n) is 2.06. The molecule has 1 unspecified atom stereocenters. The maximum Gasteiger partial charge on any atom is 0.318 e. The van der Waals surface area contributed by atoms with E-state index in [1.165, 1.54) is 11.8 Å². The third kappa shape index (κ3) is 4.02. The number of carbonyl (C=O) groups is 1. The van der Waals surface area contributed by atoms with Gasteiger partial charge < -0.3 is 4.74 Å². The highest BCUT2D eigenvalue weighted by Gasteiger charge is 2.19. The molecule has 0 radical (unpaired) electrons. The quantitative estimate of drug-likeness (QED) is 0.559. The Morgan fingerprint density at radius 1 is 1.33 bits per heavy atom. The average Bonchev–Trinajstić information content (AvgIpc) is 2.32. The molecule has 2 heteroatoms. The number of rotatable bonds is 6. The smallest absolute Gasteiger partial charge is 0.318 e. The van der Waals surface area contributed by atoms with E-state index in [-0.39, 0.29) is 11.9 Å². The van der Waals surface area contributed by atoms with Gasteiger partial charge in [-0.1, -0.05) is 51.6 Å². The van der Waals surface area contributed by atoms with Crippen molar-refractivity contribution in [2.24, 2.45) is 5.92 Å². The van der Waals surface area contributed by atoms with Crippen LogP contribution in [-0.2, 0) is 16.0 Å². The molecule has 1 aromatic rings. The van der Waals surface area contributed by atoms with Gasteiger partial charge in [0.05, 0.1) is 12.2 Å². The third-order valence-electron chi connectivity index (χ3n) is 2.92. The minimum atomic E-state index is -0.232. The second kappa shape index (κ2) is 7.00. The zero-order chi connectivity index (χ0) is 13.5. The van der Waals surface area contributed by atoms with Crippen molar-refractivity contribution in [1.82, 2.24) is 0 Å². The van der Waals surface area contributed by atoms with Gasteiger partial charge in [-0.25, -0.2) is 0 Å². The molecular weight excluding hydrogens is 224 g/mol. The molecule has 0 heterocycles. The standard InChI is InChI=1S/C16H22O2/c1-5-15(16(17)18-6-2)14-9-7-13(8-10-14)11-12(3)4/h6-10,12,15H,2,5,11H2,1,3-4H3. The Kier molecular flexibility index (Phi) is 5.63. The van der Waals surface area contributed by atoms with Crippen LogP contribution >= 0.6 is 0 Å². The van der Waals surface area contributed by atoms with Crippen molar-refractivity contribution >= 4 is 5.97 Å². The molecule has 0 amide bonds. The average molecular weight is 246 g/mol. The Hall–Kier alpha value is -1.57. The Balaban J connectivity index is 2.81. The molecule has 2 nitrogen and oxygen atoms in total. The van der Waals surface area contributed by atoms with Gasteiger partial charge in [0.2, 0.25) is 0 Å². The van der Waals surface area contributed by atoms with Crippen molar-refractivity contribution in [2.45, 2.75) is 39.5 Å². The second-order valence-electron chi connectivity index (χ2n) is 4.90. The van der Waals surface area contributed by atoms with E-state index >= 15 is 0 Å². The molecule has 0 N–H and O–H groups in total. The van der Waals surface area contributed by atoms with Crippen LogP contribution in [0.1, 0.15) is 44.2 Å². The zero-order valence-electron chi connectivity index (χ0n) is 11.5. The van der Waals surface area contributed by atoms with Crippen LogP contribution in [0.2, 0.25) is 0 Å². The molecule has 1 aromatic carbocycles. The number of hydrogen-bond acceptors (Lipinski definition) is 2. The van der Waals surface area contributed by atoms with Crippen LogP contribution in [0, 0.1) is 5.92 Å². The predicted octanol–water partition coefficient (Wildman–Crippen LogP) is 4.07. The summed E-state index contributed by atoms with van der Waals surface area (Å²) in [6, 6.07) is 8.24. The van der Waals surface area contributed by atoms with Crippen molar-refractivity contribution < 1.29 is 9.53 Å². The van der Waals surface area contributed by atoms with Gasteiger partial charge in [-0.2, -0.15) is 0 Å². The largest absolute Gasteiger partial charge is 0.435 e. The zero-order valence-corrected chi connectivity index (χ0v) is 11.5. The van der Waals surface area contributed by atoms with Crippen molar-refractivity contribution in [3.8, 4) is 0 Å². The first kappa shape index (κ1) is 14.5. The highest BCUT2D eigenvalue weighted by atomic mass is 16.5. The molecule has 1 atom stereocenters. The van der Waals surface area contributed by atoms with Gasteiger partial charge in [0.25, 0.3) is 0 Å². The first-order chi connectivity index (χ1) is 8.58. The Morgan fingerprint density at radius 3 is 2.39 bits per heavy atom. The van der Waals surface area contributed by atoms with Gasteiger partial charge in [-0.15, -0.1) is 0 Å². The number of esters is 1. The number of ether oxygens (including phenoxy) is 1. The molecule has 0 spiro atoms. The Morgan fingerprint density at radius 2 is 1.94 bits per heavy atom. The first-order valence-corrected chi connectivity index (χ1v) is 6.48. The van der Waals surface area contributed by atoms with E-state index in [0.29, 0.717) is 5.92 Å². The summed E-state index contributed by atoms with van der Waals surface area (Å²) in [5.74, 6) is 0.212. The third-order valence-corrected chi connectivity index (χ3v) is 2.92. The van der Waals surface area contributed by atoms with Gasteiger partial charge >= 0.3 is 5.97 Å². The molecule has 0 aromatic heterocycles. The Labute approximate surface area is 110 Å². The van der Waals surface area contributed by atoms with E-state index in [9.17, 15) is 4.79 Å². The molecular formula is C16H22O2. The fourth-order valence-corrected chi connectivity index (χ4v) is 2.06. The summed E-state index contributed by atoms with van der Waals surface area (Å²) < 4.78 is 4.87. The molecule has 0 saturated carbocycles. The summed E-state index contributed by atoms with van der Waals surface area (Å²) in [6.45, 7) is 9.80. The molecule has 18 heavy (non-hydrogen) atoms. The maximum atomic E-state index is 11.7. The van der Waals surface area contributed by atoms with Crippen molar-refractivity contribution in [3.63, 3.8) is 0 Å². The second-order valence-corrected chi connectivity index (χ2v) is 4.90. The van der Waals surface area contributed by atoms with Gasteiger partial charge in [-0.05, 0) is 29.9 Å². The lowest BCUT2D eigenvalue weighted by atomic mass is 9.94. The van der Waals surface area contributed by atoms with E-state index in [1.54, 1.807) is 0 Å². The molecule has 1 rings (SSSR count). The molecule has 0 aliphatic heterocycles. The predicted molar refractivity (Wildman–Crippen MR) is 74.3 cm³/mol. The molecule has 0 aliphatic carbocycles. The molecule has 0 saturated heterocycles. The van der Waals surface area contributed by atoms with E-state index in [1.807, 2.05) is 19.1 Å². The number of carbonyl (C=O) groups excluding carboxylic acids is 1. The van der Waals surface area contributed by atoms with Crippen LogP contribution in [0.5, 0.6) is 0 Å². The fraction of sp³-hybridized carbons (Fsp3) is 0.438. The SMILES string of the molecule is C=COC(=O)C(CC)c1ccc(CC(C)C)cc1. The van der Waals surface area contributed by atoms with Gasteiger partial charge in [-0.3, -0.25) is 4.79 Å². The van der Waals surface area contributed by atoms with Crippen LogP contribution in [0.15, 0.2) is 37.1 Å². The summed E-state index contributed by atoms with van der Waals surface area (Å²) in [6.07, 6.45) is 2.99. The number of benzene rings is 1. The van der Waals surface area contributed by atoms with E-state index in [2.05, 4.69) is 32.6 Å². The van der Waals surface area contributed by atoms with Crippen LogP contribution in [-0.4, -0.2) is 5.97 Å². The van der Waals surface area contributed by atoms with Crippen LogP contribution in [0.4, 0.5) is 0 Å². The van der Waals surface area contributed by atoms with Gasteiger partial charge in [0, 0.05) is 0 Å². The normalized spacial score (nSPS) is 12.2. The van der Waals surface area contributed by atoms with E-state index in [4.69, 9.17) is 4.74 Å². The van der Waals surface area contributed by atoms with Crippen LogP contribution in [0.25, 0.3) is 0 Å². The van der Waals surface area contributed by atoms with Crippen LogP contribution in [0.3, 0.4) is 0 Å². The van der Waals surface area contributed by atoms with Crippen molar-refractivity contribution in [1.29, 1.82) is 0 Å². The van der Waals surface area contributed by atoms with Crippen molar-refractivity contribution in [2.75, 3.05) is 0 Å². The van der Waals surface area contributed by atoms with Crippen molar-refractivity contribution in [3.05, 3.63) is 48.2 Å². The summed E-state index contributed by atoms with van der Waals surface area (Å²) in [5, 5.41) is 0. The lowest BCUT2D eigenvalue weighted by molar-refractivity contribution is -0.139. The highest BCUT2D eigenvalue weighted by molar-refractivity contribution is 5.78. The topological polar surface area (TPSA) is 26.3 Å². The maximum absolute atomic E-state index is 11.7. The van der Waals surface area contributed by atoms with E-state index < -0.39 is 0 Å². The minimum Gasteiger partial charge on any atom is -0.435 e.